The van der Waals surface area contributed by atoms with E-state index in [0.717, 1.165) is 5.56 Å². The molecule has 1 fully saturated rings. The van der Waals surface area contributed by atoms with Crippen molar-refractivity contribution in [3.8, 4) is 23.7 Å². The first-order chi connectivity index (χ1) is 17.0. The van der Waals surface area contributed by atoms with Crippen LogP contribution in [-0.4, -0.2) is 54.8 Å². The molecule has 0 aliphatic carbocycles. The maximum absolute atomic E-state index is 12.7. The second-order valence-corrected chi connectivity index (χ2v) is 9.10. The number of nitrogens with one attached hydrogen (secondary N) is 3. The molecule has 194 valence electrons. The van der Waals surface area contributed by atoms with Gasteiger partial charge >= 0.3 is 12.1 Å². The summed E-state index contributed by atoms with van der Waals surface area (Å²) in [4.78, 5) is 28.8. The Hall–Kier alpha value is -3.36. The number of terminal acetylenes is 1. The number of hydrogen-bond donors (Lipinski definition) is 3. The molecular formula is C25H29F3N4O4. The van der Waals surface area contributed by atoms with Crippen LogP contribution in [-0.2, 0) is 19.9 Å². The molecule has 2 aromatic rings. The number of aromatic nitrogens is 1. The monoisotopic (exact) mass is 506 g/mol. The first kappa shape index (κ1) is 27.2. The number of carbonyl (C=O) groups is 2. The summed E-state index contributed by atoms with van der Waals surface area (Å²) in [6, 6.07) is 8.31. The van der Waals surface area contributed by atoms with E-state index in [0.29, 0.717) is 18.1 Å². The van der Waals surface area contributed by atoms with Crippen LogP contribution in [0.2, 0.25) is 0 Å². The Balaban J connectivity index is 1.65. The molecule has 3 N–H and O–H groups in total. The topological polar surface area (TPSA) is 105 Å². The lowest BCUT2D eigenvalue weighted by Gasteiger charge is -2.27. The third kappa shape index (κ3) is 7.57. The van der Waals surface area contributed by atoms with Gasteiger partial charge in [0.15, 0.2) is 5.76 Å². The minimum atomic E-state index is -4.55. The lowest BCUT2D eigenvalue weighted by Crippen LogP contribution is -2.55. The minimum Gasteiger partial charge on any atom is -0.461 e. The highest BCUT2D eigenvalue weighted by atomic mass is 19.4. The van der Waals surface area contributed by atoms with Crippen LogP contribution >= 0.6 is 0 Å². The highest BCUT2D eigenvalue weighted by molar-refractivity contribution is 5.82. The molecule has 1 aliphatic rings. The molecule has 0 spiro atoms. The number of amides is 1. The molecule has 0 bridgehead atoms. The Morgan fingerprint density at radius 2 is 2.00 bits per heavy atom. The minimum absolute atomic E-state index is 0.0474. The van der Waals surface area contributed by atoms with Crippen LogP contribution in [0.1, 0.15) is 32.6 Å². The summed E-state index contributed by atoms with van der Waals surface area (Å²) in [6.45, 7) is 2.13. The van der Waals surface area contributed by atoms with E-state index < -0.39 is 48.2 Å². The Morgan fingerprint density at radius 3 is 2.67 bits per heavy atom. The van der Waals surface area contributed by atoms with E-state index in [4.69, 9.17) is 15.6 Å². The number of hydrogen-bond acceptors (Lipinski definition) is 7. The van der Waals surface area contributed by atoms with E-state index >= 15 is 0 Å². The molecule has 0 radical (unpaired) electrons. The van der Waals surface area contributed by atoms with Crippen molar-refractivity contribution in [2.75, 3.05) is 19.6 Å². The molecule has 8 nitrogen and oxygen atoms in total. The lowest BCUT2D eigenvalue weighted by atomic mass is 10.0. The summed E-state index contributed by atoms with van der Waals surface area (Å²) in [5.74, 6) is 1.62. The average molecular weight is 507 g/mol. The highest BCUT2D eigenvalue weighted by Gasteiger charge is 2.36. The molecule has 1 aromatic heterocycles. The zero-order chi connectivity index (χ0) is 26.3. The number of cyclic esters (lactones) is 1. The predicted octanol–water partition coefficient (Wildman–Crippen LogP) is 2.76. The number of carbonyl (C=O) groups excluding carboxylic acids is 2. The number of ether oxygens (including phenoxy) is 1. The van der Waals surface area contributed by atoms with Crippen LogP contribution in [0.15, 0.2) is 40.9 Å². The molecule has 2 heterocycles. The van der Waals surface area contributed by atoms with Crippen molar-refractivity contribution in [2.24, 2.45) is 5.92 Å². The van der Waals surface area contributed by atoms with Crippen LogP contribution in [0.4, 0.5) is 13.2 Å². The second-order valence-electron chi connectivity index (χ2n) is 9.10. The summed E-state index contributed by atoms with van der Waals surface area (Å²) in [7, 11) is 0. The van der Waals surface area contributed by atoms with E-state index in [9.17, 15) is 22.8 Å². The number of alkyl halides is 3. The smallest absolute Gasteiger partial charge is 0.405 e. The number of benzene rings is 1. The SMILES string of the molecule is C#CC[C@@H]1C[C@@H](CN[C@@H](CNC(C)(C)c2ncc(-c3ccccc3)o2)C(=O)NCC(F)(F)F)OC1=O. The highest BCUT2D eigenvalue weighted by Crippen LogP contribution is 2.26. The standard InChI is InChI=1S/C25H29F3N4O4/c1-4-8-17-11-18(35-22(17)34)12-29-19(21(33)31-15-25(26,27)28)13-32-24(2,3)23-30-14-20(36-23)16-9-6-5-7-10-16/h1,5-7,9-10,14,17-19,29,32H,8,11-13,15H2,2-3H3,(H,31,33)/t17-,18+,19+/m1/s1. The molecule has 3 rings (SSSR count). The fourth-order valence-corrected chi connectivity index (χ4v) is 3.73. The van der Waals surface area contributed by atoms with Crippen LogP contribution in [0, 0.1) is 18.3 Å². The van der Waals surface area contributed by atoms with Gasteiger partial charge in [-0.1, -0.05) is 30.3 Å². The quantitative estimate of drug-likeness (QED) is 0.318. The Labute approximate surface area is 207 Å². The van der Waals surface area contributed by atoms with Crippen molar-refractivity contribution in [3.63, 3.8) is 0 Å². The number of nitrogens with zero attached hydrogens (tertiary/aromatic N) is 1. The van der Waals surface area contributed by atoms with Gasteiger partial charge in [0.05, 0.1) is 23.7 Å². The summed E-state index contributed by atoms with van der Waals surface area (Å²) >= 11 is 0. The fraction of sp³-hybridized carbons (Fsp3) is 0.480. The molecule has 1 aromatic carbocycles. The zero-order valence-corrected chi connectivity index (χ0v) is 20.0. The molecule has 1 amide bonds. The predicted molar refractivity (Wildman–Crippen MR) is 125 cm³/mol. The van der Waals surface area contributed by atoms with Crippen molar-refractivity contribution in [2.45, 2.75) is 50.6 Å². The Kier molecular flexibility index (Phi) is 8.76. The lowest BCUT2D eigenvalue weighted by molar-refractivity contribution is -0.144. The number of esters is 1. The maximum atomic E-state index is 12.7. The maximum Gasteiger partial charge on any atom is 0.405 e. The Bertz CT molecular complexity index is 1080. The zero-order valence-electron chi connectivity index (χ0n) is 20.0. The van der Waals surface area contributed by atoms with Crippen molar-refractivity contribution >= 4 is 11.9 Å². The molecule has 1 aliphatic heterocycles. The van der Waals surface area contributed by atoms with Crippen molar-refractivity contribution in [1.82, 2.24) is 20.9 Å². The van der Waals surface area contributed by atoms with E-state index in [1.54, 1.807) is 20.0 Å². The van der Waals surface area contributed by atoms with Crippen LogP contribution in [0.5, 0.6) is 0 Å². The van der Waals surface area contributed by atoms with Gasteiger partial charge in [0.25, 0.3) is 0 Å². The number of oxazole rings is 1. The van der Waals surface area contributed by atoms with Crippen molar-refractivity contribution in [3.05, 3.63) is 42.4 Å². The van der Waals surface area contributed by atoms with Gasteiger partial charge in [-0.3, -0.25) is 9.59 Å². The first-order valence-corrected chi connectivity index (χ1v) is 11.5. The van der Waals surface area contributed by atoms with E-state index in [-0.39, 0.29) is 19.5 Å². The fourth-order valence-electron chi connectivity index (χ4n) is 3.73. The third-order valence-electron chi connectivity index (χ3n) is 5.75. The van der Waals surface area contributed by atoms with Crippen LogP contribution < -0.4 is 16.0 Å². The average Bonchev–Trinajstić information content (AvgIpc) is 3.46. The molecule has 3 atom stereocenters. The summed E-state index contributed by atoms with van der Waals surface area (Å²) in [6.07, 6.45) is 2.36. The number of rotatable bonds is 11. The summed E-state index contributed by atoms with van der Waals surface area (Å²) < 4.78 is 49.2. The van der Waals surface area contributed by atoms with Crippen molar-refractivity contribution < 1.29 is 31.9 Å². The summed E-state index contributed by atoms with van der Waals surface area (Å²) in [5, 5.41) is 7.95. The molecule has 1 saturated heterocycles. The van der Waals surface area contributed by atoms with Gasteiger partial charge in [-0.15, -0.1) is 12.3 Å². The first-order valence-electron chi connectivity index (χ1n) is 11.5. The van der Waals surface area contributed by atoms with Gasteiger partial charge in [-0.05, 0) is 20.3 Å². The number of halogens is 3. The second kappa shape index (κ2) is 11.6. The molecule has 36 heavy (non-hydrogen) atoms. The molecule has 11 heteroatoms. The van der Waals surface area contributed by atoms with Crippen molar-refractivity contribution in [1.29, 1.82) is 0 Å². The van der Waals surface area contributed by atoms with Gasteiger partial charge in [0, 0.05) is 25.1 Å². The van der Waals surface area contributed by atoms with E-state index in [2.05, 4.69) is 21.5 Å². The molecule has 0 saturated carbocycles. The van der Waals surface area contributed by atoms with Gasteiger partial charge in [-0.2, -0.15) is 13.2 Å². The molecular weight excluding hydrogens is 477 g/mol. The normalized spacial score (nSPS) is 18.9. The Morgan fingerprint density at radius 1 is 1.28 bits per heavy atom. The third-order valence-corrected chi connectivity index (χ3v) is 5.75. The summed E-state index contributed by atoms with van der Waals surface area (Å²) in [5.41, 5.74) is -0.0120. The van der Waals surface area contributed by atoms with Gasteiger partial charge < -0.3 is 25.1 Å². The van der Waals surface area contributed by atoms with Crippen LogP contribution in [0.25, 0.3) is 11.3 Å². The molecule has 0 unspecified atom stereocenters. The largest absolute Gasteiger partial charge is 0.461 e. The van der Waals surface area contributed by atoms with Gasteiger partial charge in [-0.25, -0.2) is 4.98 Å². The van der Waals surface area contributed by atoms with E-state index in [1.807, 2.05) is 35.6 Å². The van der Waals surface area contributed by atoms with Crippen LogP contribution in [0.3, 0.4) is 0 Å². The van der Waals surface area contributed by atoms with E-state index in [1.165, 1.54) is 0 Å². The van der Waals surface area contributed by atoms with Gasteiger partial charge in [0.2, 0.25) is 11.8 Å². The van der Waals surface area contributed by atoms with Gasteiger partial charge in [0.1, 0.15) is 12.6 Å².